The molecule has 2 N–H and O–H groups in total. The molecule has 0 unspecified atom stereocenters. The number of carbonyl (C=O) groups is 2. The Bertz CT molecular complexity index is 1570. The lowest BCUT2D eigenvalue weighted by Gasteiger charge is -2.26. The average Bonchev–Trinajstić information content (AvgIpc) is 3.42. The van der Waals surface area contributed by atoms with Gasteiger partial charge in [-0.15, -0.1) is 16.9 Å². The molecule has 1 atom stereocenters. The Labute approximate surface area is 226 Å². The zero-order valence-electron chi connectivity index (χ0n) is 21.0. The van der Waals surface area contributed by atoms with Crippen LogP contribution in [0.1, 0.15) is 45.7 Å². The van der Waals surface area contributed by atoms with Crippen molar-refractivity contribution >= 4 is 35.1 Å². The molecular formula is C27H24F3N5O3S. The molecule has 0 fully saturated rings. The molecule has 1 aliphatic rings. The van der Waals surface area contributed by atoms with Gasteiger partial charge in [-0.2, -0.15) is 13.2 Å². The van der Waals surface area contributed by atoms with Crippen LogP contribution >= 0.6 is 11.8 Å². The third-order valence-electron chi connectivity index (χ3n) is 6.47. The maximum atomic E-state index is 13.6. The molecule has 2 aromatic heterocycles. The fraction of sp³-hybridized carbons (Fsp3) is 0.259. The molecule has 5 rings (SSSR count). The smallest absolute Gasteiger partial charge is 0.408 e. The first-order valence-electron chi connectivity index (χ1n) is 12.1. The minimum Gasteiger partial charge on any atom is -0.462 e. The van der Waals surface area contributed by atoms with Crippen molar-refractivity contribution in [3.05, 3.63) is 77.0 Å². The Hall–Kier alpha value is -4.06. The summed E-state index contributed by atoms with van der Waals surface area (Å²) in [6.45, 7) is 2.61. The molecular weight excluding hydrogens is 531 g/mol. The van der Waals surface area contributed by atoms with Crippen LogP contribution in [-0.4, -0.2) is 50.2 Å². The number of hydrogen-bond acceptors (Lipinski definition) is 7. The number of ether oxygens (including phenoxy) is 1. The van der Waals surface area contributed by atoms with Crippen molar-refractivity contribution in [2.75, 3.05) is 12.3 Å². The van der Waals surface area contributed by atoms with E-state index in [0.717, 1.165) is 17.4 Å². The van der Waals surface area contributed by atoms with Crippen molar-refractivity contribution in [2.24, 2.45) is 0 Å². The molecule has 1 aliphatic heterocycles. The quantitative estimate of drug-likeness (QED) is 0.242. The molecule has 39 heavy (non-hydrogen) atoms. The Morgan fingerprint density at radius 2 is 1.95 bits per heavy atom. The first kappa shape index (κ1) is 26.5. The Morgan fingerprint density at radius 3 is 2.64 bits per heavy atom. The van der Waals surface area contributed by atoms with Gasteiger partial charge in [-0.1, -0.05) is 30.3 Å². The molecule has 0 aliphatic carbocycles. The number of esters is 1. The number of carbonyl (C=O) groups excluding carboxylic acids is 2. The van der Waals surface area contributed by atoms with E-state index in [2.05, 4.69) is 10.1 Å². The van der Waals surface area contributed by atoms with Gasteiger partial charge in [0.15, 0.2) is 11.5 Å². The van der Waals surface area contributed by atoms with Gasteiger partial charge in [-0.05, 0) is 43.2 Å². The predicted molar refractivity (Wildman–Crippen MR) is 140 cm³/mol. The van der Waals surface area contributed by atoms with Crippen LogP contribution in [0, 0.1) is 0 Å². The SMILES string of the molecule is CCOC(=O)c1c(N)nn2ccc(-c3cc4c(c(SCc5ccccc5)c3)C(=O)N([C@@H](C)C(F)(F)F)C4)nc12. The fourth-order valence-electron chi connectivity index (χ4n) is 4.43. The van der Waals surface area contributed by atoms with Gasteiger partial charge >= 0.3 is 12.1 Å². The standard InChI is InChI=1S/C27H24F3N5O3S/c1-3-38-26(37)22-23(31)33-35-10-9-19(32-24(22)35)17-11-18-13-34(15(2)27(28,29)30)25(36)21(18)20(12-17)39-14-16-7-5-4-6-8-16/h4-12,15H,3,13-14H2,1-2H3,(H2,31,33)/t15-/m0/s1. The number of nitrogen functional groups attached to an aromatic ring is 1. The number of amides is 1. The predicted octanol–water partition coefficient (Wildman–Crippen LogP) is 5.35. The van der Waals surface area contributed by atoms with Crippen molar-refractivity contribution in [3.8, 4) is 11.3 Å². The minimum atomic E-state index is -4.56. The molecule has 0 bridgehead atoms. The zero-order chi connectivity index (χ0) is 27.9. The van der Waals surface area contributed by atoms with E-state index < -0.39 is 24.1 Å². The monoisotopic (exact) mass is 555 g/mol. The molecule has 0 saturated heterocycles. The molecule has 1 amide bonds. The highest BCUT2D eigenvalue weighted by molar-refractivity contribution is 7.98. The van der Waals surface area contributed by atoms with E-state index in [1.165, 1.54) is 16.3 Å². The number of nitrogens with zero attached hydrogens (tertiary/aromatic N) is 4. The lowest BCUT2D eigenvalue weighted by molar-refractivity contribution is -0.172. The van der Waals surface area contributed by atoms with Crippen molar-refractivity contribution in [1.82, 2.24) is 19.5 Å². The minimum absolute atomic E-state index is 0.0268. The summed E-state index contributed by atoms with van der Waals surface area (Å²) in [4.78, 5) is 31.7. The van der Waals surface area contributed by atoms with Gasteiger partial charge in [-0.25, -0.2) is 14.3 Å². The molecule has 0 saturated carbocycles. The normalized spacial score (nSPS) is 14.1. The van der Waals surface area contributed by atoms with E-state index in [1.54, 1.807) is 31.3 Å². The molecule has 0 radical (unpaired) electrons. The third-order valence-corrected chi connectivity index (χ3v) is 7.58. The summed E-state index contributed by atoms with van der Waals surface area (Å²) in [6.07, 6.45) is -2.97. The number of benzene rings is 2. The first-order valence-corrected chi connectivity index (χ1v) is 13.1. The average molecular weight is 556 g/mol. The number of aromatic nitrogens is 3. The number of nitrogens with two attached hydrogens (primary N) is 1. The number of thioether (sulfide) groups is 1. The number of fused-ring (bicyclic) bond motifs is 2. The van der Waals surface area contributed by atoms with E-state index >= 15 is 0 Å². The maximum Gasteiger partial charge on any atom is 0.408 e. The van der Waals surface area contributed by atoms with Crippen molar-refractivity contribution in [3.63, 3.8) is 0 Å². The summed E-state index contributed by atoms with van der Waals surface area (Å²) >= 11 is 1.37. The maximum absolute atomic E-state index is 13.6. The van der Waals surface area contributed by atoms with Crippen LogP contribution in [0.25, 0.3) is 16.9 Å². The molecule has 8 nitrogen and oxygen atoms in total. The second kappa shape index (κ2) is 10.3. The van der Waals surface area contributed by atoms with Crippen LogP contribution < -0.4 is 5.73 Å². The highest BCUT2D eigenvalue weighted by Crippen LogP contribution is 2.40. The molecule has 3 heterocycles. The molecule has 2 aromatic carbocycles. The summed E-state index contributed by atoms with van der Waals surface area (Å²) in [6, 6.07) is 12.7. The third kappa shape index (κ3) is 5.03. The van der Waals surface area contributed by atoms with Gasteiger partial charge in [0.2, 0.25) is 0 Å². The highest BCUT2D eigenvalue weighted by atomic mass is 32.2. The summed E-state index contributed by atoms with van der Waals surface area (Å²) in [7, 11) is 0. The Kier molecular flexibility index (Phi) is 6.98. The van der Waals surface area contributed by atoms with Crippen LogP contribution in [0.15, 0.2) is 59.6 Å². The zero-order valence-corrected chi connectivity index (χ0v) is 21.8. The number of rotatable bonds is 7. The molecule has 202 valence electrons. The number of hydrogen-bond donors (Lipinski definition) is 1. The second-order valence-electron chi connectivity index (χ2n) is 9.00. The summed E-state index contributed by atoms with van der Waals surface area (Å²) in [5.74, 6) is -0.843. The van der Waals surface area contributed by atoms with Gasteiger partial charge < -0.3 is 15.4 Å². The van der Waals surface area contributed by atoms with Crippen LogP contribution in [0.5, 0.6) is 0 Å². The molecule has 4 aromatic rings. The van der Waals surface area contributed by atoms with E-state index in [0.29, 0.717) is 27.5 Å². The summed E-state index contributed by atoms with van der Waals surface area (Å²) < 4.78 is 47.1. The van der Waals surface area contributed by atoms with Crippen molar-refractivity contribution in [2.45, 2.75) is 43.3 Å². The second-order valence-corrected chi connectivity index (χ2v) is 10.0. The topological polar surface area (TPSA) is 103 Å². The van der Waals surface area contributed by atoms with Gasteiger partial charge in [-0.3, -0.25) is 4.79 Å². The lowest BCUT2D eigenvalue weighted by atomic mass is 10.0. The van der Waals surface area contributed by atoms with E-state index in [1.807, 2.05) is 30.3 Å². The van der Waals surface area contributed by atoms with E-state index in [4.69, 9.17) is 10.5 Å². The molecule has 12 heteroatoms. The van der Waals surface area contributed by atoms with Gasteiger partial charge in [0.05, 0.1) is 17.9 Å². The Balaban J connectivity index is 1.60. The highest BCUT2D eigenvalue weighted by Gasteiger charge is 2.45. The van der Waals surface area contributed by atoms with Crippen molar-refractivity contribution < 1.29 is 27.5 Å². The van der Waals surface area contributed by atoms with Gasteiger partial charge in [0.25, 0.3) is 5.91 Å². The van der Waals surface area contributed by atoms with Gasteiger partial charge in [0, 0.05) is 29.0 Å². The van der Waals surface area contributed by atoms with Gasteiger partial charge in [0.1, 0.15) is 11.6 Å². The van der Waals surface area contributed by atoms with Crippen molar-refractivity contribution in [1.29, 1.82) is 0 Å². The Morgan fingerprint density at radius 1 is 1.21 bits per heavy atom. The largest absolute Gasteiger partial charge is 0.462 e. The number of anilines is 1. The first-order chi connectivity index (χ1) is 18.6. The van der Waals surface area contributed by atoms with Crippen LogP contribution in [0.2, 0.25) is 0 Å². The number of alkyl halides is 3. The number of halogens is 3. The van der Waals surface area contributed by atoms with E-state index in [-0.39, 0.29) is 35.7 Å². The summed E-state index contributed by atoms with van der Waals surface area (Å²) in [5, 5.41) is 4.12. The summed E-state index contributed by atoms with van der Waals surface area (Å²) in [5.41, 5.74) is 8.92. The fourth-order valence-corrected chi connectivity index (χ4v) is 5.52. The van der Waals surface area contributed by atoms with Crippen LogP contribution in [0.3, 0.4) is 0 Å². The lowest BCUT2D eigenvalue weighted by Crippen LogP contribution is -2.43. The van der Waals surface area contributed by atoms with E-state index in [9.17, 15) is 22.8 Å². The van der Waals surface area contributed by atoms with Crippen LogP contribution in [0.4, 0.5) is 19.0 Å². The van der Waals surface area contributed by atoms with Crippen LogP contribution in [-0.2, 0) is 17.0 Å². The molecule has 0 spiro atoms.